The summed E-state index contributed by atoms with van der Waals surface area (Å²) in [5.41, 5.74) is 3.08. The minimum atomic E-state index is -0.410. The van der Waals surface area contributed by atoms with Crippen molar-refractivity contribution in [1.29, 1.82) is 5.26 Å². The summed E-state index contributed by atoms with van der Waals surface area (Å²) in [6.07, 6.45) is 7.92. The van der Waals surface area contributed by atoms with Crippen molar-refractivity contribution in [2.45, 2.75) is 18.9 Å². The first-order valence-corrected chi connectivity index (χ1v) is 10.8. The lowest BCUT2D eigenvalue weighted by Gasteiger charge is -2.25. The lowest BCUT2D eigenvalue weighted by molar-refractivity contribution is 0.355. The second kappa shape index (κ2) is 8.16. The molecule has 160 valence electrons. The van der Waals surface area contributed by atoms with Gasteiger partial charge in [0.15, 0.2) is 11.6 Å². The summed E-state index contributed by atoms with van der Waals surface area (Å²) in [6.45, 7) is 4.79. The molecule has 4 aromatic heterocycles. The number of allylic oxidation sites excluding steroid dienone is 1. The van der Waals surface area contributed by atoms with Crippen molar-refractivity contribution in [3.63, 3.8) is 0 Å². The third-order valence-electron chi connectivity index (χ3n) is 5.82. The highest BCUT2D eigenvalue weighted by Gasteiger charge is 2.36. The van der Waals surface area contributed by atoms with E-state index in [1.807, 2.05) is 18.5 Å². The van der Waals surface area contributed by atoms with Gasteiger partial charge in [-0.05, 0) is 40.5 Å². The van der Waals surface area contributed by atoms with Gasteiger partial charge in [0.2, 0.25) is 0 Å². The van der Waals surface area contributed by atoms with Crippen molar-refractivity contribution in [2.24, 2.45) is 5.92 Å². The number of aromatic nitrogens is 6. The van der Waals surface area contributed by atoms with Gasteiger partial charge in [-0.25, -0.2) is 19.3 Å². The highest BCUT2D eigenvalue weighted by atomic mass is 79.9. The molecule has 5 heterocycles. The molecule has 1 N–H and O–H groups in total. The van der Waals surface area contributed by atoms with E-state index in [1.54, 1.807) is 21.8 Å². The number of hydrogen-bond donors (Lipinski definition) is 1. The van der Waals surface area contributed by atoms with Gasteiger partial charge in [0.25, 0.3) is 0 Å². The zero-order chi connectivity index (χ0) is 22.2. The first-order chi connectivity index (χ1) is 15.6. The fraction of sp³-hybridized carbons (Fsp3) is 0.227. The van der Waals surface area contributed by atoms with Gasteiger partial charge in [-0.1, -0.05) is 6.58 Å². The van der Waals surface area contributed by atoms with Crippen LogP contribution in [0, 0.1) is 23.1 Å². The molecule has 1 saturated heterocycles. The molecule has 4 aromatic rings. The van der Waals surface area contributed by atoms with Crippen LogP contribution in [0.2, 0.25) is 0 Å². The Hall–Kier alpha value is -3.58. The van der Waals surface area contributed by atoms with Crippen LogP contribution in [-0.4, -0.2) is 36.3 Å². The fourth-order valence-electron chi connectivity index (χ4n) is 4.29. The molecular weight excluding hydrogens is 475 g/mol. The molecule has 10 heteroatoms. The van der Waals surface area contributed by atoms with Crippen LogP contribution < -0.4 is 4.90 Å². The quantitative estimate of drug-likeness (QED) is 0.408. The summed E-state index contributed by atoms with van der Waals surface area (Å²) in [5, 5.41) is 15.0. The molecule has 0 bridgehead atoms. The predicted octanol–water partition coefficient (Wildman–Crippen LogP) is 4.61. The van der Waals surface area contributed by atoms with Gasteiger partial charge in [-0.3, -0.25) is 4.68 Å². The molecule has 1 aliphatic rings. The van der Waals surface area contributed by atoms with Gasteiger partial charge < -0.3 is 9.88 Å². The van der Waals surface area contributed by atoms with E-state index in [0.717, 1.165) is 28.0 Å². The molecule has 0 spiro atoms. The van der Waals surface area contributed by atoms with E-state index in [9.17, 15) is 9.65 Å². The minimum Gasteiger partial charge on any atom is -0.346 e. The third kappa shape index (κ3) is 3.44. The predicted molar refractivity (Wildman–Crippen MR) is 121 cm³/mol. The summed E-state index contributed by atoms with van der Waals surface area (Å²) < 4.78 is 16.8. The van der Waals surface area contributed by atoms with Gasteiger partial charge >= 0.3 is 0 Å². The molecule has 32 heavy (non-hydrogen) atoms. The fourth-order valence-corrected chi connectivity index (χ4v) is 4.59. The smallest absolute Gasteiger partial charge is 0.170 e. The second-order valence-electron chi connectivity index (χ2n) is 7.58. The number of aromatic amines is 1. The Morgan fingerprint density at radius 3 is 3.06 bits per heavy atom. The van der Waals surface area contributed by atoms with E-state index in [-0.39, 0.29) is 24.2 Å². The lowest BCUT2D eigenvalue weighted by Crippen LogP contribution is -2.23. The number of hydrogen-bond acceptors (Lipinski definition) is 6. The molecular formula is C22H18BrFN8. The molecule has 0 aromatic carbocycles. The number of pyridine rings is 1. The molecule has 1 fully saturated rings. The van der Waals surface area contributed by atoms with Crippen LogP contribution in [0.1, 0.15) is 18.9 Å². The number of anilines is 1. The minimum absolute atomic E-state index is 0.0831. The summed E-state index contributed by atoms with van der Waals surface area (Å²) in [7, 11) is 0. The lowest BCUT2D eigenvalue weighted by atomic mass is 9.94. The van der Waals surface area contributed by atoms with Crippen LogP contribution in [0.3, 0.4) is 0 Å². The number of nitriles is 1. The Bertz CT molecular complexity index is 1350. The normalized spacial score (nSPS) is 17.1. The summed E-state index contributed by atoms with van der Waals surface area (Å²) in [5.74, 6) is -0.257. The summed E-state index contributed by atoms with van der Waals surface area (Å²) in [4.78, 5) is 17.8. The highest BCUT2D eigenvalue weighted by molar-refractivity contribution is 9.10. The van der Waals surface area contributed by atoms with Crippen molar-refractivity contribution in [1.82, 2.24) is 29.7 Å². The van der Waals surface area contributed by atoms with Crippen LogP contribution in [-0.2, 0) is 0 Å². The summed E-state index contributed by atoms with van der Waals surface area (Å²) in [6, 6.07) is 6.88. The average Bonchev–Trinajstić information content (AvgIpc) is 3.53. The zero-order valence-electron chi connectivity index (χ0n) is 16.9. The molecule has 2 atom stereocenters. The second-order valence-corrected chi connectivity index (χ2v) is 8.39. The van der Waals surface area contributed by atoms with E-state index in [4.69, 9.17) is 0 Å². The van der Waals surface area contributed by atoms with Crippen molar-refractivity contribution < 1.29 is 4.39 Å². The Kier molecular flexibility index (Phi) is 5.19. The number of nitrogens with one attached hydrogen (secondary N) is 1. The number of nitrogens with zero attached hydrogens (tertiary/aromatic N) is 7. The van der Waals surface area contributed by atoms with Crippen LogP contribution in [0.5, 0.6) is 0 Å². The van der Waals surface area contributed by atoms with Crippen molar-refractivity contribution in [3.8, 4) is 17.3 Å². The Morgan fingerprint density at radius 2 is 2.22 bits per heavy atom. The number of halogens is 2. The maximum atomic E-state index is 14.4. The van der Waals surface area contributed by atoms with Gasteiger partial charge in [-0.15, -0.1) is 0 Å². The number of H-pyrrole nitrogens is 1. The van der Waals surface area contributed by atoms with Gasteiger partial charge in [0.1, 0.15) is 16.6 Å². The molecule has 0 unspecified atom stereocenters. The molecule has 1 aliphatic heterocycles. The van der Waals surface area contributed by atoms with Crippen molar-refractivity contribution >= 4 is 32.8 Å². The van der Waals surface area contributed by atoms with Crippen LogP contribution in [0.25, 0.3) is 22.3 Å². The van der Waals surface area contributed by atoms with E-state index >= 15 is 0 Å². The first-order valence-electron chi connectivity index (χ1n) is 10.0. The third-order valence-corrected chi connectivity index (χ3v) is 6.26. The Balaban J connectivity index is 1.46. The molecule has 5 rings (SSSR count). The first kappa shape index (κ1) is 20.3. The average molecular weight is 493 g/mol. The van der Waals surface area contributed by atoms with E-state index in [0.29, 0.717) is 17.6 Å². The van der Waals surface area contributed by atoms with Crippen molar-refractivity contribution in [3.05, 3.63) is 65.8 Å². The van der Waals surface area contributed by atoms with Crippen LogP contribution in [0.4, 0.5) is 10.2 Å². The highest BCUT2D eigenvalue weighted by Crippen LogP contribution is 2.40. The van der Waals surface area contributed by atoms with E-state index < -0.39 is 5.82 Å². The molecule has 0 radical (unpaired) electrons. The molecule has 0 amide bonds. The van der Waals surface area contributed by atoms with Gasteiger partial charge in [0.05, 0.1) is 30.4 Å². The SMILES string of the molecule is C=C1[C@@H]([C@H](CC#N)n2cc(-c3ncnc4[nH]ccc34)cn2)CCN1c1nc(Br)ccc1F. The summed E-state index contributed by atoms with van der Waals surface area (Å²) >= 11 is 3.30. The Labute approximate surface area is 191 Å². The zero-order valence-corrected chi connectivity index (χ0v) is 18.5. The monoisotopic (exact) mass is 492 g/mol. The van der Waals surface area contributed by atoms with Crippen LogP contribution in [0.15, 0.2) is 60.0 Å². The molecule has 8 nitrogen and oxygen atoms in total. The topological polar surface area (TPSA) is 99.3 Å². The maximum Gasteiger partial charge on any atom is 0.170 e. The van der Waals surface area contributed by atoms with E-state index in [2.05, 4.69) is 53.6 Å². The van der Waals surface area contributed by atoms with Crippen molar-refractivity contribution in [2.75, 3.05) is 11.4 Å². The standard InChI is InChI=1S/C22H18BrFN8/c1-13-15(6-9-31(13)22-17(24)2-3-19(23)30-22)18(4-7-25)32-11-14(10-29-32)20-16-5-8-26-21(16)28-12-27-20/h2-3,5,8,10-12,15,18H,1,4,6,9H2,(H,26,27,28)/t15-,18-/m0/s1. The molecule has 0 aliphatic carbocycles. The number of fused-ring (bicyclic) bond motifs is 1. The molecule has 0 saturated carbocycles. The van der Waals surface area contributed by atoms with Crippen LogP contribution >= 0.6 is 15.9 Å². The number of rotatable bonds is 5. The van der Waals surface area contributed by atoms with E-state index in [1.165, 1.54) is 12.4 Å². The largest absolute Gasteiger partial charge is 0.346 e. The van der Waals surface area contributed by atoms with Gasteiger partial charge in [-0.2, -0.15) is 10.4 Å². The van der Waals surface area contributed by atoms with Gasteiger partial charge in [0, 0.05) is 41.5 Å². The Morgan fingerprint density at radius 1 is 1.34 bits per heavy atom. The maximum absolute atomic E-state index is 14.4.